The van der Waals surface area contributed by atoms with Crippen molar-refractivity contribution in [2.75, 3.05) is 11.4 Å². The monoisotopic (exact) mass is 299 g/mol. The Morgan fingerprint density at radius 2 is 1.68 bits per heavy atom. The van der Waals surface area contributed by atoms with Crippen LogP contribution in [0.4, 0.5) is 22.7 Å². The second-order valence-corrected chi connectivity index (χ2v) is 5.07. The molecule has 2 aromatic rings. The molecule has 0 amide bonds. The highest BCUT2D eigenvalue weighted by atomic mass is 16.6. The van der Waals surface area contributed by atoms with E-state index >= 15 is 0 Å². The van der Waals surface area contributed by atoms with E-state index in [0.29, 0.717) is 5.69 Å². The molecule has 0 radical (unpaired) electrons. The average molecular weight is 299 g/mol. The number of nitrogens with zero attached hydrogens (tertiary/aromatic N) is 3. The number of rotatable bonds is 3. The lowest BCUT2D eigenvalue weighted by Gasteiger charge is -2.31. The lowest BCUT2D eigenvalue weighted by atomic mass is 10.0. The summed E-state index contributed by atoms with van der Waals surface area (Å²) in [5, 5.41) is 22.0. The largest absolute Gasteiger partial charge is 0.348 e. The Balaban J connectivity index is 2.09. The minimum atomic E-state index is -0.730. The molecule has 0 spiro atoms. The lowest BCUT2D eigenvalue weighted by molar-refractivity contribution is -0.422. The first-order valence-electron chi connectivity index (χ1n) is 6.86. The third-order valence-corrected chi connectivity index (χ3v) is 3.77. The molecule has 112 valence electrons. The Kier molecular flexibility index (Phi) is 3.46. The number of anilines is 2. The van der Waals surface area contributed by atoms with E-state index in [-0.39, 0.29) is 0 Å². The molecule has 0 atom stereocenters. The van der Waals surface area contributed by atoms with Crippen LogP contribution in [0.3, 0.4) is 0 Å². The fraction of sp³-hybridized carbons (Fsp3) is 0.200. The van der Waals surface area contributed by atoms with Crippen LogP contribution in [-0.4, -0.2) is 16.4 Å². The van der Waals surface area contributed by atoms with Crippen LogP contribution >= 0.6 is 0 Å². The summed E-state index contributed by atoms with van der Waals surface area (Å²) in [7, 11) is 0. The van der Waals surface area contributed by atoms with Crippen molar-refractivity contribution in [1.29, 1.82) is 0 Å². The Morgan fingerprint density at radius 3 is 2.41 bits per heavy atom. The van der Waals surface area contributed by atoms with Gasteiger partial charge in [0.25, 0.3) is 0 Å². The van der Waals surface area contributed by atoms with E-state index in [4.69, 9.17) is 0 Å². The molecule has 3 rings (SSSR count). The van der Waals surface area contributed by atoms with Gasteiger partial charge in [0.05, 0.1) is 9.85 Å². The van der Waals surface area contributed by atoms with Crippen LogP contribution < -0.4 is 4.90 Å². The molecule has 0 aliphatic carbocycles. The maximum Gasteiger partial charge on any atom is 0.348 e. The number of hydrogen-bond donors (Lipinski definition) is 0. The quantitative estimate of drug-likeness (QED) is 0.638. The molecule has 2 aromatic carbocycles. The molecule has 0 saturated carbocycles. The van der Waals surface area contributed by atoms with Crippen LogP contribution in [0.1, 0.15) is 12.0 Å². The summed E-state index contributed by atoms with van der Waals surface area (Å²) >= 11 is 0. The number of fused-ring (bicyclic) bond motifs is 1. The molecule has 0 bridgehead atoms. The number of nitro benzene ring substituents is 2. The van der Waals surface area contributed by atoms with Gasteiger partial charge < -0.3 is 4.90 Å². The van der Waals surface area contributed by atoms with E-state index in [1.54, 1.807) is 6.07 Å². The van der Waals surface area contributed by atoms with Gasteiger partial charge in [-0.15, -0.1) is 0 Å². The molecule has 22 heavy (non-hydrogen) atoms. The van der Waals surface area contributed by atoms with E-state index < -0.39 is 21.2 Å². The van der Waals surface area contributed by atoms with Crippen molar-refractivity contribution in [3.63, 3.8) is 0 Å². The Labute approximate surface area is 126 Å². The van der Waals surface area contributed by atoms with Gasteiger partial charge in [0.15, 0.2) is 0 Å². The van der Waals surface area contributed by atoms with Gasteiger partial charge in [-0.1, -0.05) is 18.2 Å². The van der Waals surface area contributed by atoms with Gasteiger partial charge in [-0.2, -0.15) is 0 Å². The number of nitro groups is 2. The van der Waals surface area contributed by atoms with Crippen LogP contribution in [0, 0.1) is 20.2 Å². The van der Waals surface area contributed by atoms with E-state index in [0.717, 1.165) is 25.1 Å². The first-order chi connectivity index (χ1) is 10.6. The zero-order valence-electron chi connectivity index (χ0n) is 11.6. The van der Waals surface area contributed by atoms with Crippen molar-refractivity contribution in [3.05, 3.63) is 68.3 Å². The van der Waals surface area contributed by atoms with Crippen LogP contribution in [0.2, 0.25) is 0 Å². The summed E-state index contributed by atoms with van der Waals surface area (Å²) in [4.78, 5) is 22.5. The SMILES string of the molecule is O=[N+]([O-])c1ccc(N2CCCc3ccccc32)cc1[N+](=O)[O-]. The minimum absolute atomic E-state index is 0.481. The van der Waals surface area contributed by atoms with Crippen molar-refractivity contribution >= 4 is 22.7 Å². The second kappa shape index (κ2) is 5.44. The maximum absolute atomic E-state index is 11.1. The van der Waals surface area contributed by atoms with Gasteiger partial charge >= 0.3 is 11.4 Å². The summed E-state index contributed by atoms with van der Waals surface area (Å²) in [6, 6.07) is 11.9. The number of benzene rings is 2. The highest BCUT2D eigenvalue weighted by molar-refractivity contribution is 5.72. The molecular formula is C15H13N3O4. The predicted molar refractivity (Wildman–Crippen MR) is 81.5 cm³/mol. The van der Waals surface area contributed by atoms with Crippen molar-refractivity contribution < 1.29 is 9.85 Å². The number of para-hydroxylation sites is 1. The van der Waals surface area contributed by atoms with E-state index in [2.05, 4.69) is 0 Å². The number of aryl methyl sites for hydroxylation is 1. The van der Waals surface area contributed by atoms with Gasteiger partial charge in [-0.05, 0) is 30.5 Å². The summed E-state index contributed by atoms with van der Waals surface area (Å²) in [5.41, 5.74) is 1.81. The van der Waals surface area contributed by atoms with Gasteiger partial charge in [-0.25, -0.2) is 0 Å². The predicted octanol–water partition coefficient (Wildman–Crippen LogP) is 3.59. The topological polar surface area (TPSA) is 89.5 Å². The molecule has 7 nitrogen and oxygen atoms in total. The van der Waals surface area contributed by atoms with Crippen molar-refractivity contribution in [2.45, 2.75) is 12.8 Å². The third kappa shape index (κ3) is 2.37. The van der Waals surface area contributed by atoms with Crippen molar-refractivity contribution in [3.8, 4) is 0 Å². The van der Waals surface area contributed by atoms with Gasteiger partial charge in [0.1, 0.15) is 0 Å². The van der Waals surface area contributed by atoms with Crippen LogP contribution in [-0.2, 0) is 6.42 Å². The highest BCUT2D eigenvalue weighted by Crippen LogP contribution is 2.37. The summed E-state index contributed by atoms with van der Waals surface area (Å²) in [6.45, 7) is 0.728. The van der Waals surface area contributed by atoms with Crippen molar-refractivity contribution in [2.24, 2.45) is 0 Å². The molecule has 1 aliphatic rings. The smallest absolute Gasteiger partial charge is 0.341 e. The fourth-order valence-corrected chi connectivity index (χ4v) is 2.78. The molecular weight excluding hydrogens is 286 g/mol. The van der Waals surface area contributed by atoms with Crippen LogP contribution in [0.5, 0.6) is 0 Å². The standard InChI is InChI=1S/C15H13N3O4/c19-17(20)14-8-7-12(10-15(14)18(21)22)16-9-3-5-11-4-1-2-6-13(11)16/h1-2,4,6-8,10H,3,5,9H2. The zero-order valence-corrected chi connectivity index (χ0v) is 11.6. The summed E-state index contributed by atoms with van der Waals surface area (Å²) in [5.74, 6) is 0. The summed E-state index contributed by atoms with van der Waals surface area (Å²) in [6.07, 6.45) is 1.89. The Morgan fingerprint density at radius 1 is 0.955 bits per heavy atom. The van der Waals surface area contributed by atoms with Crippen molar-refractivity contribution in [1.82, 2.24) is 0 Å². The lowest BCUT2D eigenvalue weighted by Crippen LogP contribution is -2.24. The maximum atomic E-state index is 11.1. The zero-order chi connectivity index (χ0) is 15.7. The van der Waals surface area contributed by atoms with Gasteiger partial charge in [-0.3, -0.25) is 20.2 Å². The molecule has 1 heterocycles. The molecule has 7 heteroatoms. The Hall–Kier alpha value is -2.96. The first-order valence-corrected chi connectivity index (χ1v) is 6.86. The van der Waals surface area contributed by atoms with E-state index in [1.165, 1.54) is 17.7 Å². The molecule has 0 fully saturated rings. The molecule has 0 unspecified atom stereocenters. The van der Waals surface area contributed by atoms with Crippen LogP contribution in [0.25, 0.3) is 0 Å². The third-order valence-electron chi connectivity index (χ3n) is 3.77. The van der Waals surface area contributed by atoms with E-state index in [9.17, 15) is 20.2 Å². The fourth-order valence-electron chi connectivity index (χ4n) is 2.78. The second-order valence-electron chi connectivity index (χ2n) is 5.07. The molecule has 0 N–H and O–H groups in total. The van der Waals surface area contributed by atoms with Crippen LogP contribution in [0.15, 0.2) is 42.5 Å². The van der Waals surface area contributed by atoms with Gasteiger partial charge in [0.2, 0.25) is 0 Å². The normalized spacial score (nSPS) is 13.5. The Bertz CT molecular complexity index is 760. The molecule has 1 aliphatic heterocycles. The molecule has 0 saturated heterocycles. The van der Waals surface area contributed by atoms with E-state index in [1.807, 2.05) is 29.2 Å². The molecule has 0 aromatic heterocycles. The van der Waals surface area contributed by atoms with Gasteiger partial charge in [0, 0.05) is 30.1 Å². The average Bonchev–Trinajstić information content (AvgIpc) is 2.53. The highest BCUT2D eigenvalue weighted by Gasteiger charge is 2.27. The number of hydrogen-bond acceptors (Lipinski definition) is 5. The minimum Gasteiger partial charge on any atom is -0.341 e. The first kappa shape index (κ1) is 14.0. The summed E-state index contributed by atoms with van der Waals surface area (Å²) < 4.78 is 0.